The van der Waals surface area contributed by atoms with Crippen molar-refractivity contribution in [3.05, 3.63) is 35.9 Å². The number of carbonyl (C=O) groups is 2. The molecule has 0 aliphatic carbocycles. The SMILES string of the molecule is CCCCCOC(CC(=O)c1ccccc1)C(=O)O. The standard InChI is InChI=1S/C15H20O4/c1-2-3-7-10-19-14(15(17)18)11-13(16)12-8-5-4-6-9-12/h4-6,8-9,14H,2-3,7,10-11H2,1H3,(H,17,18). The normalized spacial score (nSPS) is 12.1. The lowest BCUT2D eigenvalue weighted by atomic mass is 10.1. The van der Waals surface area contributed by atoms with Crippen LogP contribution in [0.3, 0.4) is 0 Å². The Balaban J connectivity index is 2.49. The van der Waals surface area contributed by atoms with Crippen LogP contribution in [0.15, 0.2) is 30.3 Å². The van der Waals surface area contributed by atoms with Gasteiger partial charge in [0, 0.05) is 18.6 Å². The molecular weight excluding hydrogens is 244 g/mol. The fourth-order valence-electron chi connectivity index (χ4n) is 1.71. The second kappa shape index (κ2) is 8.43. The second-order valence-corrected chi connectivity index (χ2v) is 4.40. The van der Waals surface area contributed by atoms with E-state index < -0.39 is 12.1 Å². The van der Waals surface area contributed by atoms with Crippen LogP contribution >= 0.6 is 0 Å². The molecule has 1 unspecified atom stereocenters. The highest BCUT2D eigenvalue weighted by atomic mass is 16.5. The van der Waals surface area contributed by atoms with E-state index in [9.17, 15) is 9.59 Å². The smallest absolute Gasteiger partial charge is 0.333 e. The van der Waals surface area contributed by atoms with Crippen LogP contribution in [0.2, 0.25) is 0 Å². The van der Waals surface area contributed by atoms with Crippen molar-refractivity contribution < 1.29 is 19.4 Å². The summed E-state index contributed by atoms with van der Waals surface area (Å²) in [5, 5.41) is 9.05. The van der Waals surface area contributed by atoms with Gasteiger partial charge in [0.05, 0.1) is 0 Å². The number of hydrogen-bond donors (Lipinski definition) is 1. The van der Waals surface area contributed by atoms with Gasteiger partial charge in [0.1, 0.15) is 0 Å². The minimum Gasteiger partial charge on any atom is -0.479 e. The van der Waals surface area contributed by atoms with Crippen LogP contribution in [-0.2, 0) is 9.53 Å². The summed E-state index contributed by atoms with van der Waals surface area (Å²) in [6, 6.07) is 8.68. The highest BCUT2D eigenvalue weighted by molar-refractivity contribution is 5.98. The molecule has 1 N–H and O–H groups in total. The zero-order chi connectivity index (χ0) is 14.1. The predicted molar refractivity (Wildman–Crippen MR) is 72.3 cm³/mol. The number of aliphatic carboxylic acids is 1. The molecule has 1 atom stereocenters. The lowest BCUT2D eigenvalue weighted by molar-refractivity contribution is -0.150. The van der Waals surface area contributed by atoms with Crippen molar-refractivity contribution >= 4 is 11.8 Å². The van der Waals surface area contributed by atoms with Crippen LogP contribution < -0.4 is 0 Å². The van der Waals surface area contributed by atoms with E-state index in [0.29, 0.717) is 12.2 Å². The fourth-order valence-corrected chi connectivity index (χ4v) is 1.71. The number of ether oxygens (including phenoxy) is 1. The van der Waals surface area contributed by atoms with E-state index in [1.54, 1.807) is 24.3 Å². The third-order valence-electron chi connectivity index (χ3n) is 2.81. The largest absolute Gasteiger partial charge is 0.479 e. The van der Waals surface area contributed by atoms with E-state index in [1.807, 2.05) is 6.07 Å². The van der Waals surface area contributed by atoms with Crippen LogP contribution in [0.25, 0.3) is 0 Å². The minimum atomic E-state index is -1.08. The summed E-state index contributed by atoms with van der Waals surface area (Å²) >= 11 is 0. The molecule has 1 aromatic rings. The Kier molecular flexibility index (Phi) is 6.82. The van der Waals surface area contributed by atoms with Gasteiger partial charge in [0.25, 0.3) is 0 Å². The lowest BCUT2D eigenvalue weighted by Crippen LogP contribution is -2.27. The van der Waals surface area contributed by atoms with E-state index in [4.69, 9.17) is 9.84 Å². The van der Waals surface area contributed by atoms with Crippen molar-refractivity contribution in [3.8, 4) is 0 Å². The first kappa shape index (κ1) is 15.4. The molecule has 0 saturated heterocycles. The van der Waals surface area contributed by atoms with Gasteiger partial charge in [0.2, 0.25) is 0 Å². The summed E-state index contributed by atoms with van der Waals surface area (Å²) in [6.45, 7) is 2.44. The summed E-state index contributed by atoms with van der Waals surface area (Å²) in [5.74, 6) is -1.29. The Labute approximate surface area is 113 Å². The molecule has 1 rings (SSSR count). The molecule has 0 fully saturated rings. The number of unbranched alkanes of at least 4 members (excludes halogenated alkanes) is 2. The monoisotopic (exact) mass is 264 g/mol. The van der Waals surface area contributed by atoms with Crippen LogP contribution in [0, 0.1) is 0 Å². The van der Waals surface area contributed by atoms with Gasteiger partial charge in [-0.25, -0.2) is 4.79 Å². The van der Waals surface area contributed by atoms with Crippen LogP contribution in [0.4, 0.5) is 0 Å². The number of Topliss-reactive ketones (excluding diaryl/α,β-unsaturated/α-hetero) is 1. The third-order valence-corrected chi connectivity index (χ3v) is 2.81. The molecule has 19 heavy (non-hydrogen) atoms. The van der Waals surface area contributed by atoms with Gasteiger partial charge in [-0.05, 0) is 6.42 Å². The third kappa shape index (κ3) is 5.66. The molecule has 0 bridgehead atoms. The number of rotatable bonds is 9. The number of benzene rings is 1. The highest BCUT2D eigenvalue weighted by Crippen LogP contribution is 2.09. The summed E-state index contributed by atoms with van der Waals surface area (Å²) in [7, 11) is 0. The quantitative estimate of drug-likeness (QED) is 0.550. The van der Waals surface area contributed by atoms with Gasteiger partial charge >= 0.3 is 5.97 Å². The molecule has 0 heterocycles. The molecule has 0 amide bonds. The van der Waals surface area contributed by atoms with Crippen molar-refractivity contribution in [2.24, 2.45) is 0 Å². The van der Waals surface area contributed by atoms with Crippen molar-refractivity contribution in [1.82, 2.24) is 0 Å². The van der Waals surface area contributed by atoms with E-state index >= 15 is 0 Å². The van der Waals surface area contributed by atoms with Crippen molar-refractivity contribution in [2.45, 2.75) is 38.7 Å². The number of carbonyl (C=O) groups excluding carboxylic acids is 1. The molecule has 0 saturated carbocycles. The maximum atomic E-state index is 11.9. The predicted octanol–water partition coefficient (Wildman–Crippen LogP) is 2.92. The average Bonchev–Trinajstić information content (AvgIpc) is 2.42. The van der Waals surface area contributed by atoms with Gasteiger partial charge in [-0.15, -0.1) is 0 Å². The van der Waals surface area contributed by atoms with Crippen molar-refractivity contribution in [3.63, 3.8) is 0 Å². The highest BCUT2D eigenvalue weighted by Gasteiger charge is 2.22. The number of carboxylic acids is 1. The molecular formula is C15H20O4. The molecule has 104 valence electrons. The molecule has 4 nitrogen and oxygen atoms in total. The van der Waals surface area contributed by atoms with E-state index in [1.165, 1.54) is 0 Å². The van der Waals surface area contributed by atoms with Gasteiger partial charge in [-0.1, -0.05) is 50.1 Å². The topological polar surface area (TPSA) is 63.6 Å². The minimum absolute atomic E-state index is 0.120. The van der Waals surface area contributed by atoms with Gasteiger partial charge in [0.15, 0.2) is 11.9 Å². The first-order valence-corrected chi connectivity index (χ1v) is 6.57. The zero-order valence-corrected chi connectivity index (χ0v) is 11.2. The first-order valence-electron chi connectivity index (χ1n) is 6.57. The van der Waals surface area contributed by atoms with Crippen LogP contribution in [0.5, 0.6) is 0 Å². The Morgan fingerprint density at radius 2 is 1.89 bits per heavy atom. The summed E-state index contributed by atoms with van der Waals surface area (Å²) in [6.07, 6.45) is 1.69. The fraction of sp³-hybridized carbons (Fsp3) is 0.467. The first-order chi connectivity index (χ1) is 9.15. The molecule has 0 radical (unpaired) electrons. The number of hydrogen-bond acceptors (Lipinski definition) is 3. The number of ketones is 1. The summed E-state index contributed by atoms with van der Waals surface area (Å²) in [5.41, 5.74) is 0.519. The maximum Gasteiger partial charge on any atom is 0.333 e. The molecule has 4 heteroatoms. The molecule has 0 spiro atoms. The average molecular weight is 264 g/mol. The van der Waals surface area contributed by atoms with Crippen LogP contribution in [0.1, 0.15) is 43.0 Å². The Hall–Kier alpha value is -1.68. The molecule has 0 aliphatic rings. The Morgan fingerprint density at radius 3 is 2.47 bits per heavy atom. The number of carboxylic acid groups (broad SMARTS) is 1. The van der Waals surface area contributed by atoms with Gasteiger partial charge < -0.3 is 9.84 Å². The van der Waals surface area contributed by atoms with Gasteiger partial charge in [-0.2, -0.15) is 0 Å². The lowest BCUT2D eigenvalue weighted by Gasteiger charge is -2.12. The molecule has 0 aliphatic heterocycles. The van der Waals surface area contributed by atoms with E-state index in [-0.39, 0.29) is 12.2 Å². The maximum absolute atomic E-state index is 11.9. The summed E-state index contributed by atoms with van der Waals surface area (Å²) < 4.78 is 5.28. The van der Waals surface area contributed by atoms with E-state index in [2.05, 4.69) is 6.92 Å². The molecule has 1 aromatic carbocycles. The van der Waals surface area contributed by atoms with E-state index in [0.717, 1.165) is 19.3 Å². The van der Waals surface area contributed by atoms with Crippen LogP contribution in [-0.4, -0.2) is 29.6 Å². The summed E-state index contributed by atoms with van der Waals surface area (Å²) in [4.78, 5) is 23.0. The van der Waals surface area contributed by atoms with Crippen molar-refractivity contribution in [2.75, 3.05) is 6.61 Å². The Morgan fingerprint density at radius 1 is 1.21 bits per heavy atom. The Bertz CT molecular complexity index is 400. The van der Waals surface area contributed by atoms with Crippen molar-refractivity contribution in [1.29, 1.82) is 0 Å². The molecule has 0 aromatic heterocycles. The second-order valence-electron chi connectivity index (χ2n) is 4.40. The zero-order valence-electron chi connectivity index (χ0n) is 11.2. The van der Waals surface area contributed by atoms with Gasteiger partial charge in [-0.3, -0.25) is 4.79 Å².